The molecule has 1 aliphatic heterocycles. The Hall–Kier alpha value is -3.96. The van der Waals surface area contributed by atoms with Crippen LogP contribution in [0.4, 0.5) is 29.6 Å². The average Bonchev–Trinajstić information content (AvgIpc) is 2.91. The summed E-state index contributed by atoms with van der Waals surface area (Å²) in [5.41, 5.74) is 6.33. The molecule has 1 fully saturated rings. The number of halogens is 3. The van der Waals surface area contributed by atoms with Crippen molar-refractivity contribution in [3.63, 3.8) is 0 Å². The highest BCUT2D eigenvalue weighted by Crippen LogP contribution is 2.33. The van der Waals surface area contributed by atoms with Crippen LogP contribution < -0.4 is 11.1 Å². The summed E-state index contributed by atoms with van der Waals surface area (Å²) in [5, 5.41) is 2.99. The van der Waals surface area contributed by atoms with Crippen LogP contribution in [0.15, 0.2) is 47.1 Å². The number of benzene rings is 1. The third-order valence-corrected chi connectivity index (χ3v) is 6.84. The van der Waals surface area contributed by atoms with E-state index in [0.29, 0.717) is 30.1 Å². The summed E-state index contributed by atoms with van der Waals surface area (Å²) in [5.74, 6) is -0.387. The molecule has 1 aliphatic rings. The Labute approximate surface area is 244 Å². The summed E-state index contributed by atoms with van der Waals surface area (Å²) < 4.78 is 46.8. The molecule has 2 aromatic rings. The molecule has 1 unspecified atom stereocenters. The number of piperidine rings is 1. The number of amides is 2. The summed E-state index contributed by atoms with van der Waals surface area (Å²) in [7, 11) is 1.52. The Kier molecular flexibility index (Phi) is 10.7. The van der Waals surface area contributed by atoms with Gasteiger partial charge in [-0.05, 0) is 76.6 Å². The maximum Gasteiger partial charge on any atom is 0.419 e. The van der Waals surface area contributed by atoms with Gasteiger partial charge in [-0.2, -0.15) is 13.2 Å². The van der Waals surface area contributed by atoms with Gasteiger partial charge in [0.05, 0.1) is 17.7 Å². The number of aliphatic imine (C=N–C) groups is 1. The van der Waals surface area contributed by atoms with Gasteiger partial charge in [0.15, 0.2) is 0 Å². The number of hydrogen-bond donors (Lipinski definition) is 2. The quantitative estimate of drug-likeness (QED) is 0.338. The highest BCUT2D eigenvalue weighted by molar-refractivity contribution is 6.03. The summed E-state index contributed by atoms with van der Waals surface area (Å²) in [6.45, 7) is 8.42. The van der Waals surface area contributed by atoms with Crippen LogP contribution in [0.5, 0.6) is 0 Å². The number of ether oxygens (including phenoxy) is 1. The molecule has 2 heterocycles. The van der Waals surface area contributed by atoms with E-state index in [0.717, 1.165) is 24.6 Å². The number of likely N-dealkylation sites (tertiary alicyclic amines) is 1. The fourth-order valence-electron chi connectivity index (χ4n) is 4.83. The molecule has 12 heteroatoms. The number of nitrogens with zero attached hydrogens (tertiary/aromatic N) is 4. The Balaban J connectivity index is 1.73. The number of allylic oxidation sites excluding steroid dienone is 1. The zero-order valence-electron chi connectivity index (χ0n) is 24.7. The van der Waals surface area contributed by atoms with Gasteiger partial charge in [-0.25, -0.2) is 14.8 Å². The summed E-state index contributed by atoms with van der Waals surface area (Å²) in [6.07, 6.45) is -0.712. The summed E-state index contributed by atoms with van der Waals surface area (Å²) in [6, 6.07) is 7.48. The van der Waals surface area contributed by atoms with E-state index in [2.05, 4.69) is 20.3 Å². The highest BCUT2D eigenvalue weighted by atomic mass is 19.4. The molecule has 3 N–H and O–H groups in total. The molecule has 0 saturated carbocycles. The summed E-state index contributed by atoms with van der Waals surface area (Å²) >= 11 is 0. The van der Waals surface area contributed by atoms with Crippen molar-refractivity contribution < 1.29 is 27.5 Å². The summed E-state index contributed by atoms with van der Waals surface area (Å²) in [4.78, 5) is 37.9. The van der Waals surface area contributed by atoms with E-state index in [-0.39, 0.29) is 42.9 Å². The number of aryl methyl sites for hydroxylation is 1. The van der Waals surface area contributed by atoms with Crippen LogP contribution >= 0.6 is 0 Å². The topological polar surface area (TPSA) is 123 Å². The first-order valence-electron chi connectivity index (χ1n) is 13.9. The lowest BCUT2D eigenvalue weighted by Crippen LogP contribution is -2.42. The number of nitrogens with two attached hydrogens (primary N) is 1. The molecular formula is C30H39F3N6O3. The average molecular weight is 589 g/mol. The van der Waals surface area contributed by atoms with Crippen LogP contribution in [0.3, 0.4) is 0 Å². The zero-order chi connectivity index (χ0) is 31.1. The lowest BCUT2D eigenvalue weighted by molar-refractivity contribution is -0.138. The smallest absolute Gasteiger partial charge is 0.419 e. The molecule has 9 nitrogen and oxygen atoms in total. The Morgan fingerprint density at radius 2 is 1.90 bits per heavy atom. The predicted octanol–water partition coefficient (Wildman–Crippen LogP) is 6.18. The fourth-order valence-corrected chi connectivity index (χ4v) is 4.83. The van der Waals surface area contributed by atoms with Gasteiger partial charge in [0.2, 0.25) is 11.9 Å². The van der Waals surface area contributed by atoms with Gasteiger partial charge in [-0.1, -0.05) is 18.2 Å². The lowest BCUT2D eigenvalue weighted by Gasteiger charge is -2.34. The third kappa shape index (κ3) is 9.28. The van der Waals surface area contributed by atoms with E-state index >= 15 is 0 Å². The molecule has 0 bridgehead atoms. The van der Waals surface area contributed by atoms with Gasteiger partial charge in [0.25, 0.3) is 0 Å². The number of anilines is 2. The van der Waals surface area contributed by atoms with Crippen molar-refractivity contribution in [2.45, 2.75) is 77.5 Å². The van der Waals surface area contributed by atoms with Crippen LogP contribution in [0.25, 0.3) is 0 Å². The van der Waals surface area contributed by atoms with Crippen LogP contribution in [0, 0.1) is 0 Å². The maximum absolute atomic E-state index is 13.8. The number of primary amides is 1. The monoisotopic (exact) mass is 588 g/mol. The van der Waals surface area contributed by atoms with Crippen molar-refractivity contribution in [3.8, 4) is 0 Å². The van der Waals surface area contributed by atoms with Crippen LogP contribution in [0.2, 0.25) is 0 Å². The molecule has 1 aromatic carbocycles. The second kappa shape index (κ2) is 13.8. The molecule has 0 spiro atoms. The van der Waals surface area contributed by atoms with E-state index in [1.807, 2.05) is 45.0 Å². The first-order valence-corrected chi connectivity index (χ1v) is 13.9. The molecule has 228 valence electrons. The Morgan fingerprint density at radius 3 is 2.48 bits per heavy atom. The molecule has 1 atom stereocenters. The molecule has 2 amide bonds. The van der Waals surface area contributed by atoms with Crippen molar-refractivity contribution in [1.29, 1.82) is 0 Å². The Morgan fingerprint density at radius 1 is 1.21 bits per heavy atom. The van der Waals surface area contributed by atoms with Gasteiger partial charge < -0.3 is 20.7 Å². The number of nitrogens with one attached hydrogen (secondary N) is 1. The minimum absolute atomic E-state index is 0.0258. The van der Waals surface area contributed by atoms with Crippen LogP contribution in [-0.4, -0.2) is 58.3 Å². The van der Waals surface area contributed by atoms with Gasteiger partial charge in [-0.3, -0.25) is 9.79 Å². The number of aromatic nitrogens is 2. The molecular weight excluding hydrogens is 549 g/mol. The van der Waals surface area contributed by atoms with Crippen LogP contribution in [-0.2, 0) is 22.1 Å². The zero-order valence-corrected chi connectivity index (χ0v) is 24.7. The molecule has 0 radical (unpaired) electrons. The molecule has 1 saturated heterocycles. The van der Waals surface area contributed by atoms with Crippen molar-refractivity contribution in [2.24, 2.45) is 10.7 Å². The van der Waals surface area contributed by atoms with Crippen molar-refractivity contribution in [1.82, 2.24) is 14.9 Å². The standard InChI is InChI=1S/C30H39F3N6O3/c1-6-19(16-26(34)40)24(35-5)13-14-25-23(30(31,32)33)17-36-27(38-25)37-22-11-9-20(10-12-22)21-8-7-15-39(18-21)28(41)42-29(2,3)4/h6,9-12,17,21H,7-8,13-16,18H2,1-5H3,(H2,34,40)(H,36,37,38)/b19-6-,35-24?. The van der Waals surface area contributed by atoms with Crippen molar-refractivity contribution in [3.05, 3.63) is 58.9 Å². The fraction of sp³-hybridized carbons (Fsp3) is 0.500. The molecule has 1 aromatic heterocycles. The van der Waals surface area contributed by atoms with Gasteiger partial charge >= 0.3 is 12.3 Å². The second-order valence-corrected chi connectivity index (χ2v) is 11.2. The molecule has 3 rings (SSSR count). The predicted molar refractivity (Wildman–Crippen MR) is 156 cm³/mol. The first-order chi connectivity index (χ1) is 19.7. The third-order valence-electron chi connectivity index (χ3n) is 6.84. The van der Waals surface area contributed by atoms with E-state index in [9.17, 15) is 22.8 Å². The van der Waals surface area contributed by atoms with Crippen molar-refractivity contribution in [2.75, 3.05) is 25.5 Å². The lowest BCUT2D eigenvalue weighted by atomic mass is 9.90. The number of hydrogen-bond acceptors (Lipinski definition) is 7. The number of carbonyl (C=O) groups is 2. The van der Waals surface area contributed by atoms with E-state index in [1.54, 1.807) is 17.9 Å². The number of rotatable bonds is 9. The molecule has 42 heavy (non-hydrogen) atoms. The van der Waals surface area contributed by atoms with Crippen molar-refractivity contribution >= 4 is 29.3 Å². The Bertz CT molecular complexity index is 1320. The van der Waals surface area contributed by atoms with Gasteiger partial charge in [0, 0.05) is 43.7 Å². The highest BCUT2D eigenvalue weighted by Gasteiger charge is 2.35. The SMILES string of the molecule is C/C=C(/CC(N)=O)C(CCc1nc(Nc2ccc(C3CCCN(C(=O)OC(C)(C)C)C3)cc2)ncc1C(F)(F)F)=NC. The van der Waals surface area contributed by atoms with E-state index in [4.69, 9.17) is 10.5 Å². The van der Waals surface area contributed by atoms with E-state index in [1.165, 1.54) is 7.05 Å². The minimum atomic E-state index is -4.64. The van der Waals surface area contributed by atoms with Crippen LogP contribution in [0.1, 0.15) is 76.1 Å². The second-order valence-electron chi connectivity index (χ2n) is 11.2. The van der Waals surface area contributed by atoms with Gasteiger partial charge in [0.1, 0.15) is 5.60 Å². The van der Waals surface area contributed by atoms with E-state index < -0.39 is 23.2 Å². The molecule has 0 aliphatic carbocycles. The largest absolute Gasteiger partial charge is 0.444 e. The minimum Gasteiger partial charge on any atom is -0.444 e. The number of carbonyl (C=O) groups excluding carboxylic acids is 2. The normalized spacial score (nSPS) is 16.8. The number of alkyl halides is 3. The van der Waals surface area contributed by atoms with Gasteiger partial charge in [-0.15, -0.1) is 0 Å². The maximum atomic E-state index is 13.8. The first kappa shape index (κ1) is 32.6.